The predicted octanol–water partition coefficient (Wildman–Crippen LogP) is 3.83. The molecule has 0 saturated heterocycles. The van der Waals surface area contributed by atoms with Gasteiger partial charge in [-0.3, -0.25) is 8.78 Å². The van der Waals surface area contributed by atoms with E-state index in [-0.39, 0.29) is 5.56 Å². The third-order valence-electron chi connectivity index (χ3n) is 2.10. The van der Waals surface area contributed by atoms with Gasteiger partial charge in [-0.05, 0) is 25.9 Å². The average Bonchev–Trinajstić information content (AvgIpc) is 2.50. The first-order valence-corrected chi connectivity index (χ1v) is 8.94. The molecule has 0 unspecified atom stereocenters. The van der Waals surface area contributed by atoms with E-state index in [4.69, 9.17) is 0 Å². The van der Waals surface area contributed by atoms with Crippen LogP contribution in [0.3, 0.4) is 0 Å². The Labute approximate surface area is 144 Å². The topological polar surface area (TPSA) is 25.4 Å². The van der Waals surface area contributed by atoms with Crippen molar-refractivity contribution in [3.05, 3.63) is 61.0 Å². The van der Waals surface area contributed by atoms with Gasteiger partial charge in [0.1, 0.15) is 0 Å². The van der Waals surface area contributed by atoms with E-state index < -0.39 is 11.6 Å². The van der Waals surface area contributed by atoms with E-state index in [1.807, 2.05) is 19.0 Å². The van der Waals surface area contributed by atoms with Crippen LogP contribution in [0, 0.1) is 24.4 Å². The molecule has 2 aromatic rings. The monoisotopic (exact) mass is 506 g/mol. The number of ether oxygens (including phenoxy) is 1. The Balaban J connectivity index is 0.000000470. The molecule has 3 nitrogen and oxygen atoms in total. The fraction of sp³-hybridized carbons (Fsp3) is 0.200. The number of rotatable bonds is 3. The summed E-state index contributed by atoms with van der Waals surface area (Å²) in [5.74, 6) is -1.29. The van der Waals surface area contributed by atoms with Crippen LogP contribution in [0.2, 0.25) is 0 Å². The minimum atomic E-state index is -0.649. The molecule has 0 atom stereocenters. The van der Waals surface area contributed by atoms with Gasteiger partial charge in [0, 0.05) is 24.9 Å². The van der Waals surface area contributed by atoms with Crippen LogP contribution in [0.15, 0.2) is 36.5 Å². The minimum absolute atomic E-state index is 0.187. The summed E-state index contributed by atoms with van der Waals surface area (Å²) in [5.41, 5.74) is 0.636. The van der Waals surface area contributed by atoms with Crippen LogP contribution >= 0.6 is 9.58 Å². The summed E-state index contributed by atoms with van der Waals surface area (Å²) in [6.45, 7) is 1.62. The molecule has 1 aromatic heterocycles. The molecule has 1 heterocycles. The number of pyridine rings is 1. The Hall–Kier alpha value is -0.911. The Kier molecular flexibility index (Phi) is 12.1. The third kappa shape index (κ3) is 8.51. The van der Waals surface area contributed by atoms with E-state index in [1.54, 1.807) is 38.2 Å². The number of benzene rings is 1. The quantitative estimate of drug-likeness (QED) is 0.593. The molecule has 0 bridgehead atoms. The second-order valence-corrected chi connectivity index (χ2v) is 4.06. The fourth-order valence-electron chi connectivity index (χ4n) is 1.36. The molecule has 122 valence electrons. The molecule has 0 aliphatic heterocycles. The average molecular weight is 506 g/mol. The zero-order chi connectivity index (χ0) is 17.0. The van der Waals surface area contributed by atoms with Crippen molar-refractivity contribution in [2.45, 2.75) is 0 Å². The summed E-state index contributed by atoms with van der Waals surface area (Å²) in [6, 6.07) is 9.53. The molecular weight excluding hydrogens is 490 g/mol. The standard InChI is InChI=1S/C11H6F2N.C4H10NO.ClH.Ir/c12-8-4-5-9(10(13)7-8)11-3-1-2-6-14-11;1-5(2)4-6-3;;/h1-4,6-7H;4H,1-3H3;1H;/q2*-1;;+3/p-1. The molecule has 0 fully saturated rings. The van der Waals surface area contributed by atoms with E-state index >= 15 is 0 Å². The van der Waals surface area contributed by atoms with Crippen LogP contribution < -0.4 is 0 Å². The van der Waals surface area contributed by atoms with Crippen molar-refractivity contribution in [1.29, 1.82) is 0 Å². The molecular formula is C15H16ClF2IrN2O. The van der Waals surface area contributed by atoms with Crippen LogP contribution in [0.25, 0.3) is 11.3 Å². The van der Waals surface area contributed by atoms with Crippen molar-refractivity contribution in [3.8, 4) is 11.3 Å². The molecule has 1 aromatic carbocycles. The van der Waals surface area contributed by atoms with Crippen LogP contribution in [0.4, 0.5) is 8.78 Å². The summed E-state index contributed by atoms with van der Waals surface area (Å²) < 4.78 is 30.4. The maximum absolute atomic E-state index is 13.2. The molecule has 0 saturated carbocycles. The first-order valence-electron chi connectivity index (χ1n) is 5.98. The van der Waals surface area contributed by atoms with Crippen molar-refractivity contribution in [1.82, 2.24) is 9.88 Å². The van der Waals surface area contributed by atoms with Crippen molar-refractivity contribution in [3.63, 3.8) is 0 Å². The summed E-state index contributed by atoms with van der Waals surface area (Å²) >= 11 is 1.47. The number of hydrogen-bond acceptors (Lipinski definition) is 3. The van der Waals surface area contributed by atoms with Crippen LogP contribution in [0.5, 0.6) is 0 Å². The van der Waals surface area contributed by atoms with Gasteiger partial charge in [-0.2, -0.15) is 6.73 Å². The van der Waals surface area contributed by atoms with Gasteiger partial charge in [0.15, 0.2) is 0 Å². The predicted molar refractivity (Wildman–Crippen MR) is 79.3 cm³/mol. The van der Waals surface area contributed by atoms with Crippen LogP contribution in [0.1, 0.15) is 0 Å². The van der Waals surface area contributed by atoms with Gasteiger partial charge >= 0.3 is 27.5 Å². The number of nitrogens with zero attached hydrogens (tertiary/aromatic N) is 2. The Bertz CT molecular complexity index is 530. The number of methoxy groups -OCH3 is 1. The summed E-state index contributed by atoms with van der Waals surface area (Å²) in [6.07, 6.45) is 1.55. The van der Waals surface area contributed by atoms with Gasteiger partial charge in [0.2, 0.25) is 0 Å². The first kappa shape index (κ1) is 21.1. The van der Waals surface area contributed by atoms with Crippen molar-refractivity contribution in [2.24, 2.45) is 0 Å². The van der Waals surface area contributed by atoms with E-state index in [2.05, 4.69) is 25.4 Å². The zero-order valence-corrected chi connectivity index (χ0v) is 15.5. The van der Waals surface area contributed by atoms with Crippen molar-refractivity contribution < 1.29 is 31.4 Å². The molecule has 0 spiro atoms. The molecule has 0 radical (unpaired) electrons. The molecule has 0 aliphatic carbocycles. The fourth-order valence-corrected chi connectivity index (χ4v) is 1.36. The summed E-state index contributed by atoms with van der Waals surface area (Å²) in [7, 11) is 10.1. The molecule has 2 rings (SSSR count). The van der Waals surface area contributed by atoms with E-state index in [0.717, 1.165) is 12.1 Å². The summed E-state index contributed by atoms with van der Waals surface area (Å²) in [5, 5.41) is 0. The van der Waals surface area contributed by atoms with Gasteiger partial charge < -0.3 is 14.6 Å². The van der Waals surface area contributed by atoms with Crippen LogP contribution in [-0.2, 0) is 22.6 Å². The van der Waals surface area contributed by atoms with Gasteiger partial charge in [-0.1, -0.05) is 23.8 Å². The molecule has 0 amide bonds. The molecule has 0 aliphatic rings. The Morgan fingerprint density at radius 1 is 1.32 bits per heavy atom. The van der Waals surface area contributed by atoms with Gasteiger partial charge in [0.25, 0.3) is 0 Å². The second kappa shape index (κ2) is 12.6. The SMILES string of the molecule is CO[CH-]N(C)C.Fc1c[c-]c(-c2ccccn2)c(F)c1.[Cl][Ir+2]. The third-order valence-corrected chi connectivity index (χ3v) is 2.10. The molecule has 22 heavy (non-hydrogen) atoms. The van der Waals surface area contributed by atoms with Gasteiger partial charge in [-0.25, -0.2) is 0 Å². The normalized spacial score (nSPS) is 9.45. The number of halogens is 3. The maximum atomic E-state index is 13.2. The van der Waals surface area contributed by atoms with E-state index in [1.165, 1.54) is 17.9 Å². The summed E-state index contributed by atoms with van der Waals surface area (Å²) in [4.78, 5) is 5.78. The first-order chi connectivity index (χ1) is 10.5. The second-order valence-electron chi connectivity index (χ2n) is 4.06. The van der Waals surface area contributed by atoms with Gasteiger partial charge in [-0.15, -0.1) is 12.1 Å². The van der Waals surface area contributed by atoms with E-state index in [9.17, 15) is 8.78 Å². The van der Waals surface area contributed by atoms with Crippen molar-refractivity contribution >= 4 is 9.58 Å². The van der Waals surface area contributed by atoms with Gasteiger partial charge in [0.05, 0.1) is 0 Å². The number of aromatic nitrogens is 1. The zero-order valence-electron chi connectivity index (χ0n) is 12.3. The Morgan fingerprint density at radius 2 is 2.00 bits per heavy atom. The van der Waals surface area contributed by atoms with E-state index in [0.29, 0.717) is 5.69 Å². The molecule has 0 N–H and O–H groups in total. The number of hydrogen-bond donors (Lipinski definition) is 0. The molecule has 7 heteroatoms. The van der Waals surface area contributed by atoms with Crippen molar-refractivity contribution in [2.75, 3.05) is 21.2 Å². The Morgan fingerprint density at radius 3 is 2.41 bits per heavy atom. The van der Waals surface area contributed by atoms with Crippen LogP contribution in [-0.4, -0.2) is 31.1 Å².